The summed E-state index contributed by atoms with van der Waals surface area (Å²) in [6, 6.07) is 7.08. The van der Waals surface area contributed by atoms with Crippen LogP contribution >= 0.6 is 11.6 Å². The number of fused-ring (bicyclic) bond motifs is 1. The molecule has 10 heteroatoms. The van der Waals surface area contributed by atoms with E-state index in [1.54, 1.807) is 12.1 Å². The van der Waals surface area contributed by atoms with E-state index in [2.05, 4.69) is 15.1 Å². The van der Waals surface area contributed by atoms with E-state index in [9.17, 15) is 18.7 Å². The Balaban J connectivity index is 1.90. The van der Waals surface area contributed by atoms with Gasteiger partial charge >= 0.3 is 0 Å². The van der Waals surface area contributed by atoms with Crippen LogP contribution in [0.25, 0.3) is 10.9 Å². The Kier molecular flexibility index (Phi) is 5.08. The summed E-state index contributed by atoms with van der Waals surface area (Å²) in [5, 5.41) is 16.3. The topological polar surface area (TPSA) is 85.8 Å². The third kappa shape index (κ3) is 3.35. The lowest BCUT2D eigenvalue weighted by Crippen LogP contribution is -2.43. The van der Waals surface area contributed by atoms with Gasteiger partial charge in [-0.1, -0.05) is 23.7 Å². The van der Waals surface area contributed by atoms with E-state index < -0.39 is 28.8 Å². The van der Waals surface area contributed by atoms with Crippen molar-refractivity contribution in [3.63, 3.8) is 0 Å². The molecule has 2 aromatic carbocycles. The predicted molar refractivity (Wildman–Crippen MR) is 106 cm³/mol. The number of aliphatic hydroxyl groups is 1. The molecule has 0 aliphatic rings. The van der Waals surface area contributed by atoms with Gasteiger partial charge < -0.3 is 5.11 Å². The van der Waals surface area contributed by atoms with Gasteiger partial charge in [0.25, 0.3) is 5.56 Å². The van der Waals surface area contributed by atoms with E-state index in [4.69, 9.17) is 11.6 Å². The fraction of sp³-hybridized carbons (Fsp3) is 0.200. The summed E-state index contributed by atoms with van der Waals surface area (Å²) in [6.07, 6.45) is 3.83. The third-order valence-corrected chi connectivity index (χ3v) is 5.38. The van der Waals surface area contributed by atoms with E-state index in [0.717, 1.165) is 6.07 Å². The van der Waals surface area contributed by atoms with Crippen LogP contribution in [0.4, 0.5) is 8.78 Å². The van der Waals surface area contributed by atoms with Gasteiger partial charge in [0, 0.05) is 10.6 Å². The third-order valence-electron chi connectivity index (χ3n) is 5.14. The van der Waals surface area contributed by atoms with Gasteiger partial charge in [0.1, 0.15) is 18.3 Å². The number of nitrogens with zero attached hydrogens (tertiary/aromatic N) is 5. The Hall–Kier alpha value is -3.17. The molecule has 0 radical (unpaired) electrons. The van der Waals surface area contributed by atoms with Crippen LogP contribution in [0.2, 0.25) is 5.02 Å². The maximum atomic E-state index is 14.7. The van der Waals surface area contributed by atoms with E-state index in [1.165, 1.54) is 53.4 Å². The Morgan fingerprint density at radius 1 is 1.23 bits per heavy atom. The highest BCUT2D eigenvalue weighted by atomic mass is 35.5. The fourth-order valence-corrected chi connectivity index (χ4v) is 3.62. The number of benzene rings is 2. The van der Waals surface area contributed by atoms with Gasteiger partial charge in [0.15, 0.2) is 11.6 Å². The van der Waals surface area contributed by atoms with Crippen molar-refractivity contribution in [2.45, 2.75) is 25.1 Å². The maximum Gasteiger partial charge on any atom is 0.261 e. The Morgan fingerprint density at radius 2 is 2.03 bits per heavy atom. The summed E-state index contributed by atoms with van der Waals surface area (Å²) < 4.78 is 31.1. The van der Waals surface area contributed by atoms with Crippen molar-refractivity contribution in [3.05, 3.63) is 88.0 Å². The lowest BCUT2D eigenvalue weighted by molar-refractivity contribution is -0.0347. The van der Waals surface area contributed by atoms with Gasteiger partial charge in [-0.05, 0) is 31.2 Å². The summed E-state index contributed by atoms with van der Waals surface area (Å²) in [5.41, 5.74) is -2.44. The minimum Gasteiger partial charge on any atom is -0.381 e. The second-order valence-corrected chi connectivity index (χ2v) is 7.35. The van der Waals surface area contributed by atoms with E-state index in [-0.39, 0.29) is 17.5 Å². The van der Waals surface area contributed by atoms with Gasteiger partial charge in [0.2, 0.25) is 0 Å². The molecule has 0 bridgehead atoms. The molecule has 4 rings (SSSR count). The van der Waals surface area contributed by atoms with E-state index >= 15 is 0 Å². The quantitative estimate of drug-likeness (QED) is 0.525. The smallest absolute Gasteiger partial charge is 0.261 e. The molecule has 2 atom stereocenters. The lowest BCUT2D eigenvalue weighted by Gasteiger charge is -2.35. The van der Waals surface area contributed by atoms with Crippen molar-refractivity contribution >= 4 is 22.5 Å². The number of hydrogen-bond acceptors (Lipinski definition) is 5. The first-order chi connectivity index (χ1) is 14.3. The first-order valence-corrected chi connectivity index (χ1v) is 9.35. The molecule has 1 N–H and O–H groups in total. The second-order valence-electron chi connectivity index (χ2n) is 6.91. The number of halogens is 3. The molecule has 2 unspecified atom stereocenters. The maximum absolute atomic E-state index is 14.7. The van der Waals surface area contributed by atoms with Crippen molar-refractivity contribution in [1.29, 1.82) is 0 Å². The lowest BCUT2D eigenvalue weighted by atomic mass is 9.86. The van der Waals surface area contributed by atoms with Crippen molar-refractivity contribution < 1.29 is 13.9 Å². The van der Waals surface area contributed by atoms with Crippen LogP contribution in [0.3, 0.4) is 0 Å². The summed E-state index contributed by atoms with van der Waals surface area (Å²) in [4.78, 5) is 21.1. The van der Waals surface area contributed by atoms with Crippen LogP contribution in [-0.2, 0) is 12.1 Å². The summed E-state index contributed by atoms with van der Waals surface area (Å²) in [7, 11) is 0. The zero-order chi connectivity index (χ0) is 21.5. The van der Waals surface area contributed by atoms with Crippen LogP contribution in [-0.4, -0.2) is 29.4 Å². The van der Waals surface area contributed by atoms with Crippen molar-refractivity contribution in [2.75, 3.05) is 0 Å². The molecule has 0 spiro atoms. The Labute approximate surface area is 174 Å². The number of rotatable bonds is 5. The summed E-state index contributed by atoms with van der Waals surface area (Å²) in [6.45, 7) is 1.24. The highest BCUT2D eigenvalue weighted by Crippen LogP contribution is 2.36. The zero-order valence-corrected chi connectivity index (χ0v) is 16.5. The molecule has 2 aromatic heterocycles. The van der Waals surface area contributed by atoms with Gasteiger partial charge in [0.05, 0.1) is 29.8 Å². The zero-order valence-electron chi connectivity index (χ0n) is 15.7. The molecular weight excluding hydrogens is 416 g/mol. The molecule has 4 aromatic rings. The molecule has 0 saturated carbocycles. The summed E-state index contributed by atoms with van der Waals surface area (Å²) in [5.74, 6) is -2.32. The Bertz CT molecular complexity index is 1280. The molecule has 0 saturated heterocycles. The molecule has 30 heavy (non-hydrogen) atoms. The molecule has 0 aliphatic heterocycles. The molecule has 154 valence electrons. The predicted octanol–water partition coefficient (Wildman–Crippen LogP) is 3.07. The normalized spacial score (nSPS) is 14.6. The first-order valence-electron chi connectivity index (χ1n) is 8.97. The molecule has 0 amide bonds. The monoisotopic (exact) mass is 431 g/mol. The standard InChI is InChI=1S/C20H16ClF2N5O2/c1-12(28-11-25-17-7-13(21)5-6-14(17)19(28)29)20(30,8-27-10-24-9-26-27)15-3-2-4-16(22)18(15)23/h2-7,9-12,30H,8H2,1H3. The van der Waals surface area contributed by atoms with Crippen LogP contribution in [0.15, 0.2) is 60.2 Å². The number of hydrogen-bond donors (Lipinski definition) is 1. The van der Waals surface area contributed by atoms with Crippen LogP contribution in [0.1, 0.15) is 18.5 Å². The van der Waals surface area contributed by atoms with Gasteiger partial charge in [-0.3, -0.25) is 9.36 Å². The van der Waals surface area contributed by atoms with Gasteiger partial charge in [-0.2, -0.15) is 5.10 Å². The molecule has 2 heterocycles. The first kappa shape index (κ1) is 20.1. The minimum atomic E-state index is -2.05. The molecule has 0 aliphatic carbocycles. The van der Waals surface area contributed by atoms with Gasteiger partial charge in [-0.25, -0.2) is 23.4 Å². The van der Waals surface area contributed by atoms with Crippen LogP contribution in [0.5, 0.6) is 0 Å². The van der Waals surface area contributed by atoms with Crippen molar-refractivity contribution in [3.8, 4) is 0 Å². The highest BCUT2D eigenvalue weighted by Gasteiger charge is 2.41. The number of aromatic nitrogens is 5. The largest absolute Gasteiger partial charge is 0.381 e. The van der Waals surface area contributed by atoms with Crippen molar-refractivity contribution in [1.82, 2.24) is 24.3 Å². The average Bonchev–Trinajstić information content (AvgIpc) is 3.22. The van der Waals surface area contributed by atoms with E-state index in [0.29, 0.717) is 10.5 Å². The molecule has 7 nitrogen and oxygen atoms in total. The highest BCUT2D eigenvalue weighted by molar-refractivity contribution is 6.31. The van der Waals surface area contributed by atoms with Crippen molar-refractivity contribution in [2.24, 2.45) is 0 Å². The van der Waals surface area contributed by atoms with E-state index in [1.807, 2.05) is 0 Å². The van der Waals surface area contributed by atoms with Crippen LogP contribution in [0, 0.1) is 11.6 Å². The second kappa shape index (κ2) is 7.58. The Morgan fingerprint density at radius 3 is 2.77 bits per heavy atom. The average molecular weight is 432 g/mol. The van der Waals surface area contributed by atoms with Gasteiger partial charge in [-0.15, -0.1) is 0 Å². The molecular formula is C20H16ClF2N5O2. The van der Waals surface area contributed by atoms with Crippen LogP contribution < -0.4 is 5.56 Å². The SMILES string of the molecule is CC(n1cnc2cc(Cl)ccc2c1=O)C(O)(Cn1cncn1)c1cccc(F)c1F. The molecule has 0 fully saturated rings. The minimum absolute atomic E-state index is 0.275. The summed E-state index contributed by atoms with van der Waals surface area (Å²) >= 11 is 5.96. The fourth-order valence-electron chi connectivity index (χ4n) is 3.46.